The topological polar surface area (TPSA) is 88.0 Å². The Morgan fingerprint density at radius 1 is 1.28 bits per heavy atom. The number of thioether (sulfide) groups is 1. The molecule has 0 aliphatic carbocycles. The molecule has 1 amide bonds. The zero-order valence-corrected chi connectivity index (χ0v) is 18.3. The molecule has 0 radical (unpaired) electrons. The van der Waals surface area contributed by atoms with Crippen LogP contribution in [-0.2, 0) is 17.1 Å². The van der Waals surface area contributed by atoms with Crippen LogP contribution < -0.4 is 10.9 Å². The van der Waals surface area contributed by atoms with Gasteiger partial charge in [-0.15, -0.1) is 23.1 Å². The summed E-state index contributed by atoms with van der Waals surface area (Å²) in [5, 5.41) is 5.34. The van der Waals surface area contributed by atoms with Crippen molar-refractivity contribution in [1.82, 2.24) is 15.3 Å². The zero-order chi connectivity index (χ0) is 20.2. The predicted molar refractivity (Wildman–Crippen MR) is 120 cm³/mol. The molecule has 1 aromatic carbocycles. The van der Waals surface area contributed by atoms with E-state index in [1.807, 2.05) is 29.6 Å². The molecule has 4 aromatic rings. The molecule has 4 rings (SSSR count). The Morgan fingerprint density at radius 2 is 2.10 bits per heavy atom. The van der Waals surface area contributed by atoms with Gasteiger partial charge in [-0.2, -0.15) is 0 Å². The normalized spacial score (nSPS) is 11.1. The fourth-order valence-electron chi connectivity index (χ4n) is 2.79. The summed E-state index contributed by atoms with van der Waals surface area (Å²) < 4.78 is 6.17. The summed E-state index contributed by atoms with van der Waals surface area (Å²) in [6.45, 7) is 0.363. The van der Waals surface area contributed by atoms with Crippen LogP contribution in [0.15, 0.2) is 61.7 Å². The van der Waals surface area contributed by atoms with E-state index in [1.54, 1.807) is 18.4 Å². The molecule has 148 valence electrons. The highest BCUT2D eigenvalue weighted by Gasteiger charge is 2.13. The molecule has 29 heavy (non-hydrogen) atoms. The highest BCUT2D eigenvalue weighted by molar-refractivity contribution is 9.10. The van der Waals surface area contributed by atoms with Crippen molar-refractivity contribution < 1.29 is 9.21 Å². The van der Waals surface area contributed by atoms with Crippen LogP contribution in [0.25, 0.3) is 21.3 Å². The first-order chi connectivity index (χ1) is 14.1. The Morgan fingerprint density at radius 3 is 2.86 bits per heavy atom. The van der Waals surface area contributed by atoms with Crippen LogP contribution in [0, 0.1) is 0 Å². The van der Waals surface area contributed by atoms with Crippen LogP contribution in [0.2, 0.25) is 0 Å². The third-order valence-electron chi connectivity index (χ3n) is 4.16. The van der Waals surface area contributed by atoms with Gasteiger partial charge in [-0.3, -0.25) is 9.59 Å². The van der Waals surface area contributed by atoms with E-state index < -0.39 is 0 Å². The summed E-state index contributed by atoms with van der Waals surface area (Å²) in [4.78, 5) is 32.7. The minimum atomic E-state index is -0.160. The number of carbonyl (C=O) groups is 1. The molecule has 3 aromatic heterocycles. The maximum Gasteiger partial charge on any atom is 0.260 e. The van der Waals surface area contributed by atoms with Gasteiger partial charge in [0.1, 0.15) is 16.4 Å². The predicted octanol–water partition coefficient (Wildman–Crippen LogP) is 4.56. The first-order valence-corrected chi connectivity index (χ1v) is 11.6. The quantitative estimate of drug-likeness (QED) is 0.397. The maximum absolute atomic E-state index is 12.7. The molecule has 6 nitrogen and oxygen atoms in total. The van der Waals surface area contributed by atoms with Crippen molar-refractivity contribution in [2.24, 2.45) is 0 Å². The van der Waals surface area contributed by atoms with Crippen molar-refractivity contribution in [1.29, 1.82) is 0 Å². The highest BCUT2D eigenvalue weighted by Crippen LogP contribution is 2.31. The molecule has 0 bridgehead atoms. The van der Waals surface area contributed by atoms with Crippen LogP contribution in [0.1, 0.15) is 11.6 Å². The lowest BCUT2D eigenvalue weighted by molar-refractivity contribution is -0.118. The Balaban J connectivity index is 1.41. The molecule has 0 unspecified atom stereocenters. The second-order valence-electron chi connectivity index (χ2n) is 6.20. The number of amides is 1. The fraction of sp³-hybridized carbons (Fsp3) is 0.150. The van der Waals surface area contributed by atoms with Crippen LogP contribution >= 0.6 is 39.0 Å². The van der Waals surface area contributed by atoms with Gasteiger partial charge in [-0.25, -0.2) is 4.98 Å². The van der Waals surface area contributed by atoms with Crippen molar-refractivity contribution in [3.05, 3.63) is 74.5 Å². The van der Waals surface area contributed by atoms with Crippen LogP contribution in [0.3, 0.4) is 0 Å². The van der Waals surface area contributed by atoms with E-state index in [4.69, 9.17) is 4.42 Å². The smallest absolute Gasteiger partial charge is 0.260 e. The number of aromatic nitrogens is 2. The van der Waals surface area contributed by atoms with Gasteiger partial charge in [0.05, 0.1) is 29.7 Å². The molecule has 0 aliphatic rings. The van der Waals surface area contributed by atoms with E-state index in [0.717, 1.165) is 15.6 Å². The Hall–Kier alpha value is -2.36. The van der Waals surface area contributed by atoms with Gasteiger partial charge in [0.2, 0.25) is 5.91 Å². The number of nitrogens with zero attached hydrogens (tertiary/aromatic N) is 1. The molecule has 0 aliphatic heterocycles. The zero-order valence-electron chi connectivity index (χ0n) is 15.1. The number of thiophene rings is 1. The van der Waals surface area contributed by atoms with Crippen molar-refractivity contribution in [3.63, 3.8) is 0 Å². The lowest BCUT2D eigenvalue weighted by Gasteiger charge is -2.04. The average molecular weight is 490 g/mol. The molecule has 0 atom stereocenters. The number of rotatable bonds is 7. The maximum atomic E-state index is 12.7. The summed E-state index contributed by atoms with van der Waals surface area (Å²) in [7, 11) is 0. The summed E-state index contributed by atoms with van der Waals surface area (Å²) in [6, 6.07) is 11.4. The molecule has 0 saturated carbocycles. The van der Waals surface area contributed by atoms with Gasteiger partial charge in [-0.1, -0.05) is 28.1 Å². The van der Waals surface area contributed by atoms with Crippen LogP contribution in [0.5, 0.6) is 0 Å². The molecule has 0 saturated heterocycles. The number of furan rings is 1. The lowest BCUT2D eigenvalue weighted by atomic mass is 10.1. The molecule has 0 spiro atoms. The van der Waals surface area contributed by atoms with Crippen molar-refractivity contribution in [2.45, 2.75) is 12.3 Å². The van der Waals surface area contributed by atoms with Gasteiger partial charge < -0.3 is 14.7 Å². The minimum absolute atomic E-state index is 0.0940. The monoisotopic (exact) mass is 489 g/mol. The second kappa shape index (κ2) is 8.98. The number of benzene rings is 1. The van der Waals surface area contributed by atoms with Crippen molar-refractivity contribution >= 4 is 55.2 Å². The van der Waals surface area contributed by atoms with Gasteiger partial charge in [-0.05, 0) is 29.8 Å². The number of hydrogen-bond acceptors (Lipinski definition) is 6. The average Bonchev–Trinajstić information content (AvgIpc) is 3.37. The number of halogens is 1. The van der Waals surface area contributed by atoms with Crippen molar-refractivity contribution in [3.8, 4) is 11.1 Å². The first-order valence-electron chi connectivity index (χ1n) is 8.73. The minimum Gasteiger partial charge on any atom is -0.467 e. The molecule has 2 N–H and O–H groups in total. The standard InChI is InChI=1S/C20H16BrN3O3S2/c21-13-5-3-12(4-6-13)15-9-29-20-18(15)19(26)23-16(24-20)10-28-11-17(25)22-8-14-2-1-7-27-14/h1-7,9H,8,10-11H2,(H,22,25)(H,23,24,26). The third kappa shape index (κ3) is 4.80. The highest BCUT2D eigenvalue weighted by atomic mass is 79.9. The molecule has 9 heteroatoms. The number of H-pyrrole nitrogens is 1. The molecule has 0 fully saturated rings. The summed E-state index contributed by atoms with van der Waals surface area (Å²) in [6.07, 6.45) is 1.57. The van der Waals surface area contributed by atoms with E-state index in [9.17, 15) is 9.59 Å². The summed E-state index contributed by atoms with van der Waals surface area (Å²) in [5.41, 5.74) is 1.69. The number of carbonyl (C=O) groups excluding carboxylic acids is 1. The number of hydrogen-bond donors (Lipinski definition) is 2. The van der Waals surface area contributed by atoms with E-state index in [-0.39, 0.29) is 17.2 Å². The summed E-state index contributed by atoms with van der Waals surface area (Å²) in [5.74, 6) is 1.90. The fourth-order valence-corrected chi connectivity index (χ4v) is 4.74. The number of nitrogens with one attached hydrogen (secondary N) is 2. The van der Waals surface area contributed by atoms with Gasteiger partial charge in [0, 0.05) is 15.4 Å². The Bertz CT molecular complexity index is 1180. The summed E-state index contributed by atoms with van der Waals surface area (Å²) >= 11 is 6.27. The van der Waals surface area contributed by atoms with Crippen LogP contribution in [0.4, 0.5) is 0 Å². The van der Waals surface area contributed by atoms with Gasteiger partial charge >= 0.3 is 0 Å². The van der Waals surface area contributed by atoms with Crippen molar-refractivity contribution in [2.75, 3.05) is 5.75 Å². The van der Waals surface area contributed by atoms with Gasteiger partial charge in [0.25, 0.3) is 5.56 Å². The largest absolute Gasteiger partial charge is 0.467 e. The van der Waals surface area contributed by atoms with E-state index in [2.05, 4.69) is 31.2 Å². The molecule has 3 heterocycles. The van der Waals surface area contributed by atoms with E-state index in [1.165, 1.54) is 23.1 Å². The van der Waals surface area contributed by atoms with Crippen LogP contribution in [-0.4, -0.2) is 21.6 Å². The lowest BCUT2D eigenvalue weighted by Crippen LogP contribution is -2.24. The van der Waals surface area contributed by atoms with E-state index in [0.29, 0.717) is 34.1 Å². The Kier molecular flexibility index (Phi) is 6.17. The third-order valence-corrected chi connectivity index (χ3v) is 6.50. The number of aromatic amines is 1. The second-order valence-corrected chi connectivity index (χ2v) is 8.96. The molecular weight excluding hydrogens is 474 g/mol. The Labute approximate surface area is 182 Å². The molecular formula is C20H16BrN3O3S2. The van der Waals surface area contributed by atoms with E-state index >= 15 is 0 Å². The number of fused-ring (bicyclic) bond motifs is 1. The SMILES string of the molecule is O=C(CSCc1nc2scc(-c3ccc(Br)cc3)c2c(=O)[nH]1)NCc1ccco1. The van der Waals surface area contributed by atoms with Gasteiger partial charge in [0.15, 0.2) is 0 Å². The first kappa shape index (κ1) is 19.9.